The predicted molar refractivity (Wildman–Crippen MR) is 137 cm³/mol. The molecule has 1 aliphatic rings. The van der Waals surface area contributed by atoms with Crippen LogP contribution in [0.5, 0.6) is 5.75 Å². The van der Waals surface area contributed by atoms with E-state index in [0.29, 0.717) is 19.3 Å². The number of hydrogen-bond donors (Lipinski definition) is 7. The molecule has 9 heteroatoms. The van der Waals surface area contributed by atoms with Gasteiger partial charge in [-0.05, 0) is 74.4 Å². The summed E-state index contributed by atoms with van der Waals surface area (Å²) in [7, 11) is 0. The quantitative estimate of drug-likeness (QED) is 0.246. The van der Waals surface area contributed by atoms with Crippen LogP contribution in [0.2, 0.25) is 0 Å². The summed E-state index contributed by atoms with van der Waals surface area (Å²) in [4.78, 5) is 12.0. The Labute approximate surface area is 217 Å². The number of aryl methyl sites for hydroxylation is 2. The molecule has 3 rings (SSSR count). The van der Waals surface area contributed by atoms with Crippen molar-refractivity contribution in [2.24, 2.45) is 0 Å². The minimum atomic E-state index is -1.53. The number of phenolic OH excluding ortho intramolecular Hbond substituents is 1. The normalized spacial score (nSPS) is 24.2. The fourth-order valence-corrected chi connectivity index (χ4v) is 4.51. The maximum absolute atomic E-state index is 12.0. The van der Waals surface area contributed by atoms with E-state index in [9.17, 15) is 35.4 Å². The maximum atomic E-state index is 12.0. The lowest BCUT2D eigenvalue weighted by Crippen LogP contribution is -2.55. The first-order valence-electron chi connectivity index (χ1n) is 12.6. The molecule has 0 spiro atoms. The van der Waals surface area contributed by atoms with Crippen molar-refractivity contribution < 1.29 is 40.2 Å². The van der Waals surface area contributed by atoms with Crippen LogP contribution < -0.4 is 5.32 Å². The second kappa shape index (κ2) is 12.3. The number of nitrogens with one attached hydrogen (secondary N) is 1. The maximum Gasteiger partial charge on any atom is 0.220 e. The molecule has 0 saturated carbocycles. The minimum absolute atomic E-state index is 0.0892. The topological polar surface area (TPSA) is 160 Å². The van der Waals surface area contributed by atoms with E-state index in [0.717, 1.165) is 28.7 Å². The van der Waals surface area contributed by atoms with Crippen LogP contribution in [0.15, 0.2) is 36.4 Å². The molecule has 2 aromatic carbocycles. The second-order valence-electron chi connectivity index (χ2n) is 10.5. The number of aromatic hydroxyl groups is 1. The summed E-state index contributed by atoms with van der Waals surface area (Å²) in [5.41, 5.74) is 3.50. The Bertz CT molecular complexity index is 1050. The lowest BCUT2D eigenvalue weighted by Gasteiger charge is -2.40. The standard InChI is InChI=1S/C28H39NO8/c1-16-11-21(32)20(27-26(36)25(35)24(34)22(14-30)37-27)13-19(16)12-18-9-7-17(8-10-18)5-4-6-23(33)29-28(2,3)15-31/h7-11,13,22,24-27,30-32,34-36H,4-6,12,14-15H2,1-3H3,(H,29,33)/t22-,24-,25+,26-,27+/m1/s1. The van der Waals surface area contributed by atoms with E-state index < -0.39 is 42.7 Å². The number of phenols is 1. The van der Waals surface area contributed by atoms with Crippen LogP contribution in [0.3, 0.4) is 0 Å². The van der Waals surface area contributed by atoms with Gasteiger partial charge < -0.3 is 40.7 Å². The highest BCUT2D eigenvalue weighted by molar-refractivity contribution is 5.76. The van der Waals surface area contributed by atoms with Gasteiger partial charge in [0.15, 0.2) is 0 Å². The SMILES string of the molecule is Cc1cc(O)c([C@@H]2O[C@H](CO)[C@@H](O)[C@H](O)[C@H]2O)cc1Cc1ccc(CCCC(=O)NC(C)(C)CO)cc1. The molecule has 1 saturated heterocycles. The van der Waals surface area contributed by atoms with Gasteiger partial charge in [0.05, 0.1) is 18.8 Å². The number of carbonyl (C=O) groups is 1. The molecule has 9 nitrogen and oxygen atoms in total. The Morgan fingerprint density at radius 3 is 2.27 bits per heavy atom. The van der Waals surface area contributed by atoms with E-state index in [1.807, 2.05) is 31.2 Å². The van der Waals surface area contributed by atoms with Crippen molar-refractivity contribution in [3.05, 3.63) is 64.2 Å². The third-order valence-corrected chi connectivity index (χ3v) is 6.84. The van der Waals surface area contributed by atoms with E-state index in [4.69, 9.17) is 4.74 Å². The number of aliphatic hydroxyl groups excluding tert-OH is 5. The number of amides is 1. The van der Waals surface area contributed by atoms with Crippen molar-refractivity contribution >= 4 is 5.91 Å². The Kier molecular flexibility index (Phi) is 9.68. The number of benzene rings is 2. The molecule has 5 atom stereocenters. The number of rotatable bonds is 10. The van der Waals surface area contributed by atoms with Crippen molar-refractivity contribution in [2.75, 3.05) is 13.2 Å². The van der Waals surface area contributed by atoms with Crippen LogP contribution in [0.4, 0.5) is 0 Å². The minimum Gasteiger partial charge on any atom is -0.508 e. The van der Waals surface area contributed by atoms with Crippen LogP contribution in [0.25, 0.3) is 0 Å². The smallest absolute Gasteiger partial charge is 0.220 e. The highest BCUT2D eigenvalue weighted by Gasteiger charge is 2.44. The van der Waals surface area contributed by atoms with E-state index in [1.165, 1.54) is 0 Å². The zero-order valence-corrected chi connectivity index (χ0v) is 21.6. The molecule has 0 aromatic heterocycles. The van der Waals surface area contributed by atoms with Gasteiger partial charge in [-0.1, -0.05) is 24.3 Å². The molecule has 204 valence electrons. The predicted octanol–water partition coefficient (Wildman–Crippen LogP) is 1.02. The Hall–Kier alpha value is -2.53. The summed E-state index contributed by atoms with van der Waals surface area (Å²) in [6, 6.07) is 11.3. The Morgan fingerprint density at radius 1 is 1.00 bits per heavy atom. The third kappa shape index (κ3) is 7.28. The van der Waals surface area contributed by atoms with Gasteiger partial charge in [0.2, 0.25) is 5.91 Å². The van der Waals surface area contributed by atoms with Crippen molar-refractivity contribution in [3.63, 3.8) is 0 Å². The molecule has 1 amide bonds. The second-order valence-corrected chi connectivity index (χ2v) is 10.5. The Morgan fingerprint density at radius 2 is 1.65 bits per heavy atom. The summed E-state index contributed by atoms with van der Waals surface area (Å²) in [5, 5.41) is 62.8. The van der Waals surface area contributed by atoms with Gasteiger partial charge in [0, 0.05) is 12.0 Å². The fourth-order valence-electron chi connectivity index (χ4n) is 4.51. The van der Waals surface area contributed by atoms with Gasteiger partial charge in [-0.25, -0.2) is 0 Å². The van der Waals surface area contributed by atoms with Crippen LogP contribution in [-0.2, 0) is 22.4 Å². The molecule has 1 heterocycles. The number of aliphatic hydroxyl groups is 5. The largest absolute Gasteiger partial charge is 0.508 e. The molecule has 2 aromatic rings. The Balaban J connectivity index is 1.66. The van der Waals surface area contributed by atoms with Gasteiger partial charge in [-0.3, -0.25) is 4.79 Å². The zero-order valence-electron chi connectivity index (χ0n) is 21.6. The zero-order chi connectivity index (χ0) is 27.3. The first-order valence-corrected chi connectivity index (χ1v) is 12.6. The molecule has 0 bridgehead atoms. The molecular formula is C28H39NO8. The van der Waals surface area contributed by atoms with E-state index >= 15 is 0 Å². The van der Waals surface area contributed by atoms with Crippen LogP contribution in [0, 0.1) is 6.92 Å². The fraction of sp³-hybridized carbons (Fsp3) is 0.536. The number of hydrogen-bond acceptors (Lipinski definition) is 8. The summed E-state index contributed by atoms with van der Waals surface area (Å²) in [5.74, 6) is -0.193. The van der Waals surface area contributed by atoms with E-state index in [1.54, 1.807) is 26.0 Å². The van der Waals surface area contributed by atoms with Gasteiger partial charge in [-0.2, -0.15) is 0 Å². The van der Waals surface area contributed by atoms with Gasteiger partial charge in [0.25, 0.3) is 0 Å². The van der Waals surface area contributed by atoms with Crippen molar-refractivity contribution in [3.8, 4) is 5.75 Å². The lowest BCUT2D eigenvalue weighted by atomic mass is 9.88. The molecule has 37 heavy (non-hydrogen) atoms. The molecular weight excluding hydrogens is 478 g/mol. The summed E-state index contributed by atoms with van der Waals surface area (Å²) >= 11 is 0. The van der Waals surface area contributed by atoms with Crippen molar-refractivity contribution in [1.82, 2.24) is 5.32 Å². The van der Waals surface area contributed by atoms with Crippen molar-refractivity contribution in [2.45, 2.75) is 82.5 Å². The molecule has 1 fully saturated rings. The van der Waals surface area contributed by atoms with E-state index in [-0.39, 0.29) is 23.8 Å². The lowest BCUT2D eigenvalue weighted by molar-refractivity contribution is -0.232. The van der Waals surface area contributed by atoms with Crippen molar-refractivity contribution in [1.29, 1.82) is 0 Å². The molecule has 7 N–H and O–H groups in total. The highest BCUT2D eigenvalue weighted by atomic mass is 16.5. The van der Waals surface area contributed by atoms with Crippen LogP contribution in [0.1, 0.15) is 60.6 Å². The number of ether oxygens (including phenoxy) is 1. The average molecular weight is 518 g/mol. The van der Waals surface area contributed by atoms with Crippen LogP contribution in [-0.4, -0.2) is 79.7 Å². The third-order valence-electron chi connectivity index (χ3n) is 6.84. The van der Waals surface area contributed by atoms with Crippen LogP contribution >= 0.6 is 0 Å². The summed E-state index contributed by atoms with van der Waals surface area (Å²) in [6.07, 6.45) is -4.30. The highest BCUT2D eigenvalue weighted by Crippen LogP contribution is 2.38. The average Bonchev–Trinajstić information content (AvgIpc) is 2.85. The molecule has 0 aliphatic carbocycles. The summed E-state index contributed by atoms with van der Waals surface area (Å²) < 4.78 is 5.63. The van der Waals surface area contributed by atoms with E-state index in [2.05, 4.69) is 5.32 Å². The molecule has 1 aliphatic heterocycles. The first kappa shape index (κ1) is 29.0. The molecule has 0 unspecified atom stereocenters. The first-order chi connectivity index (χ1) is 17.5. The summed E-state index contributed by atoms with van der Waals surface area (Å²) in [6.45, 7) is 4.74. The molecule has 0 radical (unpaired) electrons. The monoisotopic (exact) mass is 517 g/mol. The van der Waals surface area contributed by atoms with Gasteiger partial charge in [-0.15, -0.1) is 0 Å². The van der Waals surface area contributed by atoms with Gasteiger partial charge >= 0.3 is 0 Å². The van der Waals surface area contributed by atoms with Gasteiger partial charge in [0.1, 0.15) is 36.3 Å². The number of carbonyl (C=O) groups excluding carboxylic acids is 1.